The fourth-order valence-electron chi connectivity index (χ4n) is 1.36. The zero-order chi connectivity index (χ0) is 11.3. The first kappa shape index (κ1) is 11.8. The highest BCUT2D eigenvalue weighted by atomic mass is 19.1. The summed E-state index contributed by atoms with van der Waals surface area (Å²) in [4.78, 5) is 9.63. The van der Waals surface area contributed by atoms with Gasteiger partial charge in [-0.2, -0.15) is 0 Å². The van der Waals surface area contributed by atoms with E-state index in [4.69, 9.17) is 5.73 Å². The van der Waals surface area contributed by atoms with Crippen molar-refractivity contribution in [1.82, 2.24) is 9.97 Å². The highest BCUT2D eigenvalue weighted by Gasteiger charge is 2.13. The molecule has 0 spiro atoms. The Morgan fingerprint density at radius 2 is 2.20 bits per heavy atom. The van der Waals surface area contributed by atoms with Gasteiger partial charge in [-0.05, 0) is 26.8 Å². The maximum Gasteiger partial charge on any atom is 0.186 e. The Kier molecular flexibility index (Phi) is 4.42. The number of anilines is 1. The van der Waals surface area contributed by atoms with E-state index in [0.29, 0.717) is 24.6 Å². The van der Waals surface area contributed by atoms with Gasteiger partial charge in [-0.3, -0.25) is 0 Å². The second-order valence-corrected chi connectivity index (χ2v) is 3.32. The minimum absolute atomic E-state index is 0.337. The van der Waals surface area contributed by atoms with Gasteiger partial charge in [-0.25, -0.2) is 14.4 Å². The van der Waals surface area contributed by atoms with Crippen LogP contribution < -0.4 is 10.6 Å². The summed E-state index contributed by atoms with van der Waals surface area (Å²) in [5.74, 6) is 0.0369. The summed E-state index contributed by atoms with van der Waals surface area (Å²) in [7, 11) is 0. The van der Waals surface area contributed by atoms with E-state index >= 15 is 0 Å². The standard InChI is InChI=1S/C10H17FN4/c1-3-15(6-4-5-12)10-9(11)8(2)13-7-14-10/h7H,3-6,12H2,1-2H3. The third-order valence-corrected chi connectivity index (χ3v) is 2.26. The summed E-state index contributed by atoms with van der Waals surface area (Å²) in [6.07, 6.45) is 2.22. The maximum absolute atomic E-state index is 13.7. The molecule has 0 radical (unpaired) electrons. The van der Waals surface area contributed by atoms with Gasteiger partial charge in [0, 0.05) is 13.1 Å². The van der Waals surface area contributed by atoms with E-state index in [9.17, 15) is 4.39 Å². The number of hydrogen-bond donors (Lipinski definition) is 1. The summed E-state index contributed by atoms with van der Waals surface area (Å²) in [6, 6.07) is 0. The number of rotatable bonds is 5. The monoisotopic (exact) mass is 212 g/mol. The Balaban J connectivity index is 2.86. The fraction of sp³-hybridized carbons (Fsp3) is 0.600. The number of nitrogens with two attached hydrogens (primary N) is 1. The van der Waals surface area contributed by atoms with Crippen molar-refractivity contribution in [2.24, 2.45) is 5.73 Å². The number of aryl methyl sites for hydroxylation is 1. The molecule has 2 N–H and O–H groups in total. The van der Waals surface area contributed by atoms with E-state index in [1.54, 1.807) is 6.92 Å². The molecule has 0 unspecified atom stereocenters. The Morgan fingerprint density at radius 3 is 2.80 bits per heavy atom. The molecule has 0 saturated heterocycles. The van der Waals surface area contributed by atoms with Crippen molar-refractivity contribution in [3.63, 3.8) is 0 Å². The average Bonchev–Trinajstić information content (AvgIpc) is 2.25. The molecular weight excluding hydrogens is 195 g/mol. The normalized spacial score (nSPS) is 10.4. The molecule has 4 nitrogen and oxygen atoms in total. The molecule has 0 bridgehead atoms. The first-order valence-corrected chi connectivity index (χ1v) is 5.12. The summed E-state index contributed by atoms with van der Waals surface area (Å²) in [5.41, 5.74) is 5.81. The van der Waals surface area contributed by atoms with E-state index in [0.717, 1.165) is 13.0 Å². The zero-order valence-electron chi connectivity index (χ0n) is 9.20. The fourth-order valence-corrected chi connectivity index (χ4v) is 1.36. The van der Waals surface area contributed by atoms with E-state index in [2.05, 4.69) is 9.97 Å². The molecule has 0 aromatic carbocycles. The van der Waals surface area contributed by atoms with Crippen molar-refractivity contribution in [3.8, 4) is 0 Å². The van der Waals surface area contributed by atoms with Gasteiger partial charge in [0.1, 0.15) is 6.33 Å². The molecule has 5 heteroatoms. The van der Waals surface area contributed by atoms with Crippen LogP contribution in [0, 0.1) is 12.7 Å². The van der Waals surface area contributed by atoms with Crippen molar-refractivity contribution < 1.29 is 4.39 Å². The summed E-state index contributed by atoms with van der Waals surface area (Å²) < 4.78 is 13.7. The van der Waals surface area contributed by atoms with Crippen LogP contribution in [0.25, 0.3) is 0 Å². The SMILES string of the molecule is CCN(CCCN)c1ncnc(C)c1F. The Morgan fingerprint density at radius 1 is 1.47 bits per heavy atom. The molecule has 0 saturated carbocycles. The van der Waals surface area contributed by atoms with Crippen molar-refractivity contribution in [3.05, 3.63) is 17.8 Å². The minimum atomic E-state index is -0.337. The molecule has 1 aromatic rings. The summed E-state index contributed by atoms with van der Waals surface area (Å²) >= 11 is 0. The van der Waals surface area contributed by atoms with E-state index in [1.165, 1.54) is 6.33 Å². The highest BCUT2D eigenvalue weighted by molar-refractivity contribution is 5.40. The van der Waals surface area contributed by atoms with Gasteiger partial charge < -0.3 is 10.6 Å². The molecule has 0 amide bonds. The molecular formula is C10H17FN4. The van der Waals surface area contributed by atoms with E-state index in [1.807, 2.05) is 11.8 Å². The molecule has 84 valence electrons. The smallest absolute Gasteiger partial charge is 0.186 e. The highest BCUT2D eigenvalue weighted by Crippen LogP contribution is 2.16. The summed E-state index contributed by atoms with van der Waals surface area (Å²) in [6.45, 7) is 5.64. The van der Waals surface area contributed by atoms with Crippen LogP contribution in [0.4, 0.5) is 10.2 Å². The molecule has 1 rings (SSSR count). The van der Waals surface area contributed by atoms with Gasteiger partial charge in [0.15, 0.2) is 11.6 Å². The van der Waals surface area contributed by atoms with Crippen LogP contribution in [0.1, 0.15) is 19.0 Å². The predicted molar refractivity (Wildman–Crippen MR) is 58.3 cm³/mol. The van der Waals surface area contributed by atoms with E-state index < -0.39 is 0 Å². The lowest BCUT2D eigenvalue weighted by Crippen LogP contribution is -2.28. The number of nitrogens with zero attached hydrogens (tertiary/aromatic N) is 3. The lowest BCUT2D eigenvalue weighted by Gasteiger charge is -2.22. The second kappa shape index (κ2) is 5.60. The molecule has 15 heavy (non-hydrogen) atoms. The van der Waals surface area contributed by atoms with Gasteiger partial charge in [0.2, 0.25) is 0 Å². The topological polar surface area (TPSA) is 55.0 Å². The molecule has 0 atom stereocenters. The Hall–Kier alpha value is -1.23. The van der Waals surface area contributed by atoms with Crippen LogP contribution in [-0.2, 0) is 0 Å². The van der Waals surface area contributed by atoms with Crippen molar-refractivity contribution in [2.75, 3.05) is 24.5 Å². The first-order valence-electron chi connectivity index (χ1n) is 5.12. The minimum Gasteiger partial charge on any atom is -0.354 e. The first-order chi connectivity index (χ1) is 7.20. The predicted octanol–water partition coefficient (Wildman–Crippen LogP) is 1.10. The van der Waals surface area contributed by atoms with Gasteiger partial charge >= 0.3 is 0 Å². The molecule has 0 fully saturated rings. The third-order valence-electron chi connectivity index (χ3n) is 2.26. The Bertz CT molecular complexity index is 316. The molecule has 1 heterocycles. The van der Waals surface area contributed by atoms with Gasteiger partial charge in [-0.1, -0.05) is 0 Å². The number of halogens is 1. The Labute approximate surface area is 89.3 Å². The average molecular weight is 212 g/mol. The van der Waals surface area contributed by atoms with Crippen molar-refractivity contribution >= 4 is 5.82 Å². The maximum atomic E-state index is 13.7. The van der Waals surface area contributed by atoms with Gasteiger partial charge in [0.25, 0.3) is 0 Å². The van der Waals surface area contributed by atoms with Gasteiger partial charge in [0.05, 0.1) is 5.69 Å². The lowest BCUT2D eigenvalue weighted by atomic mass is 10.3. The van der Waals surface area contributed by atoms with Crippen LogP contribution in [-0.4, -0.2) is 29.6 Å². The van der Waals surface area contributed by atoms with Crippen LogP contribution in [0.3, 0.4) is 0 Å². The lowest BCUT2D eigenvalue weighted by molar-refractivity contribution is 0.589. The van der Waals surface area contributed by atoms with Crippen LogP contribution in [0.2, 0.25) is 0 Å². The van der Waals surface area contributed by atoms with Crippen LogP contribution >= 0.6 is 0 Å². The molecule has 1 aromatic heterocycles. The largest absolute Gasteiger partial charge is 0.354 e. The third kappa shape index (κ3) is 2.86. The molecule has 0 aliphatic carbocycles. The van der Waals surface area contributed by atoms with Gasteiger partial charge in [-0.15, -0.1) is 0 Å². The van der Waals surface area contributed by atoms with E-state index in [-0.39, 0.29) is 5.82 Å². The van der Waals surface area contributed by atoms with Crippen molar-refractivity contribution in [1.29, 1.82) is 0 Å². The second-order valence-electron chi connectivity index (χ2n) is 3.32. The van der Waals surface area contributed by atoms with Crippen LogP contribution in [0.5, 0.6) is 0 Å². The molecule has 0 aliphatic rings. The number of hydrogen-bond acceptors (Lipinski definition) is 4. The summed E-state index contributed by atoms with van der Waals surface area (Å²) in [5, 5.41) is 0. The van der Waals surface area contributed by atoms with Crippen molar-refractivity contribution in [2.45, 2.75) is 20.3 Å². The molecule has 0 aliphatic heterocycles. The van der Waals surface area contributed by atoms with Crippen LogP contribution in [0.15, 0.2) is 6.33 Å². The quantitative estimate of drug-likeness (QED) is 0.794. The zero-order valence-corrected chi connectivity index (χ0v) is 9.20. The number of aromatic nitrogens is 2.